The van der Waals surface area contributed by atoms with Crippen molar-refractivity contribution in [1.29, 1.82) is 0 Å². The summed E-state index contributed by atoms with van der Waals surface area (Å²) >= 11 is 0. The molecule has 1 heterocycles. The van der Waals surface area contributed by atoms with Crippen molar-refractivity contribution in [2.75, 3.05) is 10.6 Å². The van der Waals surface area contributed by atoms with Crippen molar-refractivity contribution in [3.8, 4) is 5.69 Å². The van der Waals surface area contributed by atoms with Crippen LogP contribution < -0.4 is 16.4 Å². The Hall–Kier alpha value is -3.87. The van der Waals surface area contributed by atoms with Gasteiger partial charge < -0.3 is 11.1 Å². The molecular formula is C27H33N5O2. The Morgan fingerprint density at radius 3 is 2.47 bits per heavy atom. The van der Waals surface area contributed by atoms with Crippen LogP contribution in [0.2, 0.25) is 0 Å². The number of nitrogens with two attached hydrogens (primary N) is 1. The second-order valence-electron chi connectivity index (χ2n) is 9.20. The van der Waals surface area contributed by atoms with Gasteiger partial charge in [0.25, 0.3) is 0 Å². The summed E-state index contributed by atoms with van der Waals surface area (Å²) in [4.78, 5) is 24.4. The second kappa shape index (κ2) is 10.4. The average Bonchev–Trinajstić information content (AvgIpc) is 3.18. The third-order valence-electron chi connectivity index (χ3n) is 5.41. The minimum atomic E-state index is -0.405. The van der Waals surface area contributed by atoms with Gasteiger partial charge in [0.1, 0.15) is 5.82 Å². The van der Waals surface area contributed by atoms with Crippen LogP contribution in [-0.2, 0) is 23.1 Å². The molecular weight excluding hydrogens is 426 g/mol. The van der Waals surface area contributed by atoms with E-state index < -0.39 is 5.91 Å². The minimum absolute atomic E-state index is 0.132. The maximum Gasteiger partial charge on any atom is 0.324 e. The number of hydrogen-bond acceptors (Lipinski definition) is 3. The van der Waals surface area contributed by atoms with E-state index in [4.69, 9.17) is 10.8 Å². The van der Waals surface area contributed by atoms with E-state index in [1.54, 1.807) is 4.68 Å². The fourth-order valence-corrected chi connectivity index (χ4v) is 3.75. The first-order valence-electron chi connectivity index (χ1n) is 11.4. The summed E-state index contributed by atoms with van der Waals surface area (Å²) < 4.78 is 1.68. The first-order chi connectivity index (χ1) is 16.1. The lowest BCUT2D eigenvalue weighted by atomic mass is 9.92. The summed E-state index contributed by atoms with van der Waals surface area (Å²) in [6.45, 7) is 10.2. The molecule has 0 spiro atoms. The molecule has 7 nitrogen and oxygen atoms in total. The zero-order valence-corrected chi connectivity index (χ0v) is 20.5. The number of carbonyl (C=O) groups is 2. The van der Waals surface area contributed by atoms with E-state index in [2.05, 4.69) is 38.3 Å². The van der Waals surface area contributed by atoms with Crippen LogP contribution in [0, 0.1) is 0 Å². The van der Waals surface area contributed by atoms with Crippen molar-refractivity contribution in [2.45, 2.75) is 52.9 Å². The Kier molecular flexibility index (Phi) is 7.56. The molecule has 2 aromatic carbocycles. The van der Waals surface area contributed by atoms with Gasteiger partial charge in [0.15, 0.2) is 0 Å². The van der Waals surface area contributed by atoms with Crippen LogP contribution in [-0.4, -0.2) is 21.7 Å². The normalized spacial score (nSPS) is 11.6. The van der Waals surface area contributed by atoms with Crippen LogP contribution in [0.1, 0.15) is 57.0 Å². The number of allylic oxidation sites excluding steroid dienone is 1. The SMILES string of the molecule is C/C=C\c1cccc(NC(=O)Nc2cc(C(C)(C)C)nn2-c2cccc(CC(N)=O)c2)c1CC. The maximum absolute atomic E-state index is 13.0. The van der Waals surface area contributed by atoms with E-state index in [1.807, 2.05) is 67.6 Å². The zero-order valence-electron chi connectivity index (χ0n) is 20.5. The molecule has 3 amide bonds. The molecule has 7 heteroatoms. The van der Waals surface area contributed by atoms with E-state index in [0.29, 0.717) is 5.82 Å². The van der Waals surface area contributed by atoms with Gasteiger partial charge in [0.05, 0.1) is 17.8 Å². The molecule has 0 unspecified atom stereocenters. The Labute approximate surface area is 201 Å². The Bertz CT molecular complexity index is 1220. The number of carbonyl (C=O) groups excluding carboxylic acids is 2. The van der Waals surface area contributed by atoms with Crippen molar-refractivity contribution < 1.29 is 9.59 Å². The van der Waals surface area contributed by atoms with Gasteiger partial charge in [-0.25, -0.2) is 9.48 Å². The van der Waals surface area contributed by atoms with Crippen molar-refractivity contribution in [1.82, 2.24) is 9.78 Å². The molecule has 0 bridgehead atoms. The molecule has 0 saturated heterocycles. The summed E-state index contributed by atoms with van der Waals surface area (Å²) in [5.41, 5.74) is 10.4. The fourth-order valence-electron chi connectivity index (χ4n) is 3.75. The standard InChI is InChI=1S/C27H33N5O2/c1-6-10-19-12-9-14-22(21(19)7-2)29-26(34)30-25-17-23(27(3,4)5)31-32(25)20-13-8-11-18(15-20)16-24(28)33/h6,8-15,17H,7,16H2,1-5H3,(H2,28,33)(H2,29,30,34)/b10-6-. The van der Waals surface area contributed by atoms with Gasteiger partial charge in [-0.15, -0.1) is 0 Å². The zero-order chi connectivity index (χ0) is 24.9. The summed E-state index contributed by atoms with van der Waals surface area (Å²) in [5, 5.41) is 10.7. The van der Waals surface area contributed by atoms with Gasteiger partial charge >= 0.3 is 6.03 Å². The first-order valence-corrected chi connectivity index (χ1v) is 11.4. The highest BCUT2D eigenvalue weighted by Gasteiger charge is 2.22. The molecule has 3 aromatic rings. The quantitative estimate of drug-likeness (QED) is 0.438. The van der Waals surface area contributed by atoms with Crippen LogP contribution in [0.3, 0.4) is 0 Å². The molecule has 4 N–H and O–H groups in total. The molecule has 0 aliphatic rings. The van der Waals surface area contributed by atoms with Crippen LogP contribution in [0.4, 0.5) is 16.3 Å². The molecule has 0 fully saturated rings. The Morgan fingerprint density at radius 1 is 1.09 bits per heavy atom. The number of benzene rings is 2. The highest BCUT2D eigenvalue weighted by molar-refractivity contribution is 6.00. The smallest absolute Gasteiger partial charge is 0.324 e. The number of anilines is 2. The lowest BCUT2D eigenvalue weighted by Crippen LogP contribution is -2.22. The lowest BCUT2D eigenvalue weighted by molar-refractivity contribution is -0.117. The van der Waals surface area contributed by atoms with E-state index in [0.717, 1.165) is 40.2 Å². The highest BCUT2D eigenvalue weighted by Crippen LogP contribution is 2.27. The summed E-state index contributed by atoms with van der Waals surface area (Å²) in [6, 6.07) is 14.8. The molecule has 34 heavy (non-hydrogen) atoms. The Morgan fingerprint density at radius 2 is 1.82 bits per heavy atom. The van der Waals surface area contributed by atoms with Crippen LogP contribution in [0.15, 0.2) is 54.6 Å². The maximum atomic E-state index is 13.0. The molecule has 0 aliphatic carbocycles. The highest BCUT2D eigenvalue weighted by atomic mass is 16.2. The fraction of sp³-hybridized carbons (Fsp3) is 0.296. The number of hydrogen-bond donors (Lipinski definition) is 3. The third kappa shape index (κ3) is 5.92. The van der Waals surface area contributed by atoms with Gasteiger partial charge in [-0.2, -0.15) is 5.10 Å². The van der Waals surface area contributed by atoms with E-state index in [1.165, 1.54) is 0 Å². The van der Waals surface area contributed by atoms with Crippen LogP contribution in [0.25, 0.3) is 11.8 Å². The largest absolute Gasteiger partial charge is 0.369 e. The molecule has 0 aliphatic heterocycles. The second-order valence-corrected chi connectivity index (χ2v) is 9.20. The van der Waals surface area contributed by atoms with Crippen molar-refractivity contribution in [3.05, 3.63) is 77.0 Å². The number of aromatic nitrogens is 2. The van der Waals surface area contributed by atoms with E-state index >= 15 is 0 Å². The summed E-state index contributed by atoms with van der Waals surface area (Å²) in [7, 11) is 0. The molecule has 0 atom stereocenters. The number of nitrogens with zero attached hydrogens (tertiary/aromatic N) is 2. The summed E-state index contributed by atoms with van der Waals surface area (Å²) in [5.74, 6) is 0.124. The van der Waals surface area contributed by atoms with Gasteiger partial charge in [0.2, 0.25) is 5.91 Å². The predicted molar refractivity (Wildman–Crippen MR) is 138 cm³/mol. The molecule has 0 saturated carbocycles. The molecule has 178 valence electrons. The monoisotopic (exact) mass is 459 g/mol. The van der Waals surface area contributed by atoms with Crippen LogP contribution in [0.5, 0.6) is 0 Å². The summed E-state index contributed by atoms with van der Waals surface area (Å²) in [6.07, 6.45) is 4.94. The molecule has 0 radical (unpaired) electrons. The number of primary amides is 1. The molecule has 3 rings (SSSR count). The van der Waals surface area contributed by atoms with Crippen LogP contribution >= 0.6 is 0 Å². The van der Waals surface area contributed by atoms with Gasteiger partial charge in [-0.05, 0) is 48.2 Å². The predicted octanol–water partition coefficient (Wildman–Crippen LogP) is 5.44. The van der Waals surface area contributed by atoms with E-state index in [-0.39, 0.29) is 17.9 Å². The Balaban J connectivity index is 1.94. The van der Waals surface area contributed by atoms with Gasteiger partial charge in [-0.3, -0.25) is 10.1 Å². The number of urea groups is 1. The van der Waals surface area contributed by atoms with Gasteiger partial charge in [-0.1, -0.05) is 64.1 Å². The van der Waals surface area contributed by atoms with Crippen molar-refractivity contribution in [3.63, 3.8) is 0 Å². The average molecular weight is 460 g/mol. The number of amides is 3. The lowest BCUT2D eigenvalue weighted by Gasteiger charge is -2.14. The number of nitrogens with one attached hydrogen (secondary N) is 2. The topological polar surface area (TPSA) is 102 Å². The van der Waals surface area contributed by atoms with Gasteiger partial charge in [0, 0.05) is 17.2 Å². The first kappa shape index (κ1) is 24.8. The van der Waals surface area contributed by atoms with Crippen molar-refractivity contribution in [2.24, 2.45) is 5.73 Å². The number of rotatable bonds is 7. The van der Waals surface area contributed by atoms with E-state index in [9.17, 15) is 9.59 Å². The van der Waals surface area contributed by atoms with Crippen molar-refractivity contribution >= 4 is 29.5 Å². The minimum Gasteiger partial charge on any atom is -0.369 e. The third-order valence-corrected chi connectivity index (χ3v) is 5.41. The molecule has 1 aromatic heterocycles.